The molecular weight excluding hydrogens is 1530 g/mol. The maximum Gasteiger partial charge on any atom is 0.334 e. The third-order valence-corrected chi connectivity index (χ3v) is 20.3. The van der Waals surface area contributed by atoms with Crippen molar-refractivity contribution in [2.45, 2.75) is 169 Å². The number of halogens is 2. The van der Waals surface area contributed by atoms with Crippen LogP contribution in [0.4, 0.5) is 0 Å². The first kappa shape index (κ1) is 83.4. The van der Waals surface area contributed by atoms with Gasteiger partial charge in [-0.2, -0.15) is 0 Å². The summed E-state index contributed by atoms with van der Waals surface area (Å²) < 4.78 is 44.7. The number of phenols is 3. The number of rotatable bonds is 19. The van der Waals surface area contributed by atoms with Gasteiger partial charge in [0.15, 0.2) is 36.0 Å². The van der Waals surface area contributed by atoms with Crippen LogP contribution in [0.1, 0.15) is 111 Å². The number of hydrogen-bond acceptors (Lipinski definition) is 27. The Bertz CT molecular complexity index is 4640. The first-order valence-corrected chi connectivity index (χ1v) is 36.1. The molecule has 0 aliphatic carbocycles. The summed E-state index contributed by atoms with van der Waals surface area (Å²) in [5.74, 6) is -18.2. The van der Waals surface area contributed by atoms with Crippen molar-refractivity contribution in [2.75, 3.05) is 13.2 Å². The zero-order valence-electron chi connectivity index (χ0n) is 60.5. The summed E-state index contributed by atoms with van der Waals surface area (Å²) in [6.07, 6.45) is -21.5. The average Bonchev–Trinajstić information content (AvgIpc) is 0.771. The number of aliphatic hydroxyl groups is 6. The summed E-state index contributed by atoms with van der Waals surface area (Å²) in [5, 5.41) is 143. The van der Waals surface area contributed by atoms with E-state index in [4.69, 9.17) is 67.8 Å². The maximum atomic E-state index is 16.1. The highest BCUT2D eigenvalue weighted by Crippen LogP contribution is 2.50. The van der Waals surface area contributed by atoms with Crippen LogP contribution in [-0.2, 0) is 68.7 Å². The number of carbonyl (C=O) groups is 9. The Labute approximate surface area is 652 Å². The molecule has 6 aromatic rings. The Morgan fingerprint density at radius 3 is 1.92 bits per heavy atom. The molecule has 0 aromatic heterocycles. The van der Waals surface area contributed by atoms with E-state index < -0.39 is 267 Å². The molecule has 11 bridgehead atoms. The minimum absolute atomic E-state index is 0.0546. The fourth-order valence-electron chi connectivity index (χ4n) is 13.7. The summed E-state index contributed by atoms with van der Waals surface area (Å²) in [6.45, 7) is 4.95. The second-order valence-electron chi connectivity index (χ2n) is 28.4. The maximum absolute atomic E-state index is 16.1. The number of primary amides is 1. The van der Waals surface area contributed by atoms with Gasteiger partial charge in [0.25, 0.3) is 0 Å². The van der Waals surface area contributed by atoms with Gasteiger partial charge in [0.2, 0.25) is 53.4 Å². The van der Waals surface area contributed by atoms with Crippen LogP contribution in [-0.4, -0.2) is 208 Å². The van der Waals surface area contributed by atoms with Gasteiger partial charge in [-0.05, 0) is 109 Å². The number of aliphatic hydroxyl groups excluding tert-OH is 6. The number of aromatic hydroxyl groups is 3. The second-order valence-corrected chi connectivity index (χ2v) is 29.2. The van der Waals surface area contributed by atoms with Crippen molar-refractivity contribution in [3.63, 3.8) is 0 Å². The number of amides is 7. The van der Waals surface area contributed by atoms with Crippen LogP contribution < -0.4 is 62.9 Å². The van der Waals surface area contributed by atoms with Crippen LogP contribution in [0.5, 0.6) is 46.0 Å². The predicted molar refractivity (Wildman–Crippen MR) is 391 cm³/mol. The fraction of sp³-hybridized carbons (Fsp3) is 0.400. The largest absolute Gasteiger partial charge is 0.508 e. The van der Waals surface area contributed by atoms with E-state index >= 15 is 14.4 Å². The van der Waals surface area contributed by atoms with Crippen molar-refractivity contribution in [3.05, 3.63) is 153 Å². The van der Waals surface area contributed by atoms with Crippen LogP contribution in [0.15, 0.2) is 109 Å². The third kappa shape index (κ3) is 18.6. The average molecular weight is 1610 g/mol. The van der Waals surface area contributed by atoms with E-state index in [9.17, 15) is 84.9 Å². The molecule has 38 heteroatoms. The Balaban J connectivity index is 1.11. The van der Waals surface area contributed by atoms with Gasteiger partial charge in [-0.15, -0.1) is 0 Å². The van der Waals surface area contributed by atoms with Crippen molar-refractivity contribution >= 4 is 76.5 Å². The van der Waals surface area contributed by atoms with Crippen molar-refractivity contribution in [3.8, 4) is 57.1 Å². The Hall–Kier alpha value is -10.5. The minimum Gasteiger partial charge on any atom is -0.508 e. The number of carbonyl (C=O) groups excluding carboxylic acids is 7. The number of ether oxygens (including phenoxy) is 7. The molecular formula is C75H83Cl2N9O27. The smallest absolute Gasteiger partial charge is 0.334 e. The van der Waals surface area contributed by atoms with Crippen LogP contribution in [0, 0.1) is 5.92 Å². The molecule has 15 unspecified atom stereocenters. The van der Waals surface area contributed by atoms with Crippen molar-refractivity contribution in [1.82, 2.24) is 37.2 Å². The molecule has 7 aliphatic rings. The summed E-state index contributed by atoms with van der Waals surface area (Å²) in [4.78, 5) is 130. The molecule has 13 rings (SSSR count). The Morgan fingerprint density at radius 2 is 1.31 bits per heavy atom. The summed E-state index contributed by atoms with van der Waals surface area (Å²) in [7, 11) is 0. The van der Waals surface area contributed by atoms with Crippen LogP contribution >= 0.6 is 23.2 Å². The molecule has 6 aromatic carbocycles. The van der Waals surface area contributed by atoms with E-state index in [2.05, 4.69) is 37.2 Å². The lowest BCUT2D eigenvalue weighted by molar-refractivity contribution is -0.334. The third-order valence-electron chi connectivity index (χ3n) is 19.7. The van der Waals surface area contributed by atoms with E-state index in [1.165, 1.54) is 19.9 Å². The first-order valence-electron chi connectivity index (χ1n) is 35.4. The molecule has 2 saturated heterocycles. The summed E-state index contributed by atoms with van der Waals surface area (Å²) >= 11 is 14.2. The molecule has 19 atom stereocenters. The van der Waals surface area contributed by atoms with Crippen LogP contribution in [0.3, 0.4) is 0 Å². The summed E-state index contributed by atoms with van der Waals surface area (Å²) in [6, 6.07) is 7.08. The highest BCUT2D eigenvalue weighted by Gasteiger charge is 2.52. The molecule has 7 amide bonds. The van der Waals surface area contributed by atoms with Crippen molar-refractivity contribution < 1.29 is 132 Å². The number of nitrogens with one attached hydrogen (secondary N) is 7. The van der Waals surface area contributed by atoms with E-state index in [0.717, 1.165) is 72.8 Å². The zero-order valence-corrected chi connectivity index (χ0v) is 62.0. The highest BCUT2D eigenvalue weighted by molar-refractivity contribution is 6.32. The lowest BCUT2D eigenvalue weighted by Gasteiger charge is -2.48. The predicted octanol–water partition coefficient (Wildman–Crippen LogP) is 1.15. The summed E-state index contributed by atoms with van der Waals surface area (Å²) in [5.41, 5.74) is 8.09. The number of aliphatic carboxylic acids is 2. The molecule has 7 aliphatic heterocycles. The molecule has 604 valence electrons. The highest BCUT2D eigenvalue weighted by atomic mass is 35.5. The monoisotopic (exact) mass is 1610 g/mol. The number of phenolic OH excluding ortho intramolecular Hbond substituents is 3. The number of hydrogen-bond donors (Lipinski definition) is 20. The molecule has 7 heterocycles. The lowest BCUT2D eigenvalue weighted by atomic mass is 9.84. The Morgan fingerprint density at radius 1 is 0.690 bits per heavy atom. The van der Waals surface area contributed by atoms with Gasteiger partial charge in [-0.3, -0.25) is 33.6 Å². The number of benzene rings is 6. The van der Waals surface area contributed by atoms with E-state index in [-0.39, 0.29) is 42.1 Å². The molecule has 0 radical (unpaired) electrons. The van der Waals surface area contributed by atoms with Crippen molar-refractivity contribution in [1.29, 1.82) is 0 Å². The van der Waals surface area contributed by atoms with Crippen LogP contribution in [0.2, 0.25) is 10.0 Å². The standard InChI is InChI=1S/C75H83Cl2N9O27/c1-29(2)16-41(78)66(97)85-57-59(92)33-11-14-45(39(76)18-33)109-47-20-35-21-48(63(47)113-74-64(62(95)61(94)50(27-87)111-74)112-52-25-75(4,65(96)30(3)108-52)80-26-49(72(103)104)107-28-31-8-6-5-7-9-31)110-46-15-12-34(19-40(46)77)60(93)58-71(102)84-56(73(105)106)38-22-36(88)23-44(90)53(38)37-17-32(10-13-43(37)89)54(68(99)86-58)83-69(100)55(35)82-67(98)42(24-51(79)91)81-70(57)101/h5-15,17-23,29-30,41-42,49-50,52,54-62,64-65,74,80,87-90,92-96H,16,24-28,78H2,1-4H3,(H2,79,91)(H,81,101)(H,82,98)(H,83,100)(H,84,102)(H,85,97)(H,86,99)(H,103,104)(H,105,106)/t30?,41-,42?,49?,50?,52?,54?,55?,56?,57+,58+,59?,60-,61?,62?,64?,65?,74?,75?/m1/s1. The van der Waals surface area contributed by atoms with Crippen molar-refractivity contribution in [2.24, 2.45) is 17.4 Å². The lowest BCUT2D eigenvalue weighted by Crippen LogP contribution is -2.66. The fourth-order valence-corrected chi connectivity index (χ4v) is 14.2. The van der Waals surface area contributed by atoms with Gasteiger partial charge in [-0.1, -0.05) is 85.6 Å². The van der Waals surface area contributed by atoms with E-state index in [1.54, 1.807) is 44.2 Å². The van der Waals surface area contributed by atoms with Gasteiger partial charge < -0.3 is 138 Å². The topological polar surface area (TPSA) is 577 Å². The molecule has 0 spiro atoms. The van der Waals surface area contributed by atoms with E-state index in [1.807, 2.05) is 0 Å². The number of carboxylic acids is 2. The number of carboxylic acid groups (broad SMARTS) is 2. The number of nitrogens with two attached hydrogens (primary N) is 2. The zero-order chi connectivity index (χ0) is 81.9. The van der Waals surface area contributed by atoms with Gasteiger partial charge in [-0.25, -0.2) is 9.59 Å². The molecule has 22 N–H and O–H groups in total. The quantitative estimate of drug-likeness (QED) is 0.0541. The van der Waals surface area contributed by atoms with Gasteiger partial charge in [0, 0.05) is 41.3 Å². The molecule has 0 saturated carbocycles. The van der Waals surface area contributed by atoms with E-state index in [0.29, 0.717) is 5.56 Å². The Kier molecular flexibility index (Phi) is 25.7. The first-order chi connectivity index (χ1) is 53.5. The molecule has 113 heavy (non-hydrogen) atoms. The number of fused-ring (bicyclic) bond motifs is 15. The normalized spacial score (nSPS) is 27.8. The minimum atomic E-state index is -2.40. The van der Waals surface area contributed by atoms with Gasteiger partial charge in [0.05, 0.1) is 47.9 Å². The van der Waals surface area contributed by atoms with Gasteiger partial charge in [0.1, 0.15) is 89.5 Å². The van der Waals surface area contributed by atoms with Crippen LogP contribution in [0.25, 0.3) is 11.1 Å². The SMILES string of the molecule is CC(C)C[C@@H](N)C(=O)N[C@@H]1C(=O)NC(CC(N)=O)C(=O)NC2C(=O)NC3C(=O)N[C@H](C(=O)NC(C(=O)O)c4cc(O)cc(O)c4-c4cc3ccc4O)[C@H](O)c3ccc(c(Cl)c3)Oc3cc2cc(c3OC2OC(CO)C(O)C(O)C2OC2CC(C)(NCC(OCc3ccccc3)C(=O)O)C(O)C(C)O2)Oc2ccc(cc2Cl)C1O. The molecule has 2 fully saturated rings. The van der Waals surface area contributed by atoms with Gasteiger partial charge >= 0.3 is 11.9 Å². The molecule has 36 nitrogen and oxygen atoms in total. The second kappa shape index (κ2) is 34.8.